The first kappa shape index (κ1) is 15.4. The van der Waals surface area contributed by atoms with Crippen molar-refractivity contribution in [1.29, 1.82) is 0 Å². The second kappa shape index (κ2) is 6.17. The molecule has 1 unspecified atom stereocenters. The summed E-state index contributed by atoms with van der Waals surface area (Å²) < 4.78 is 0. The summed E-state index contributed by atoms with van der Waals surface area (Å²) in [5, 5.41) is 1.15. The van der Waals surface area contributed by atoms with Gasteiger partial charge < -0.3 is 5.73 Å². The van der Waals surface area contributed by atoms with E-state index in [2.05, 4.69) is 26.0 Å². The molecule has 0 fully saturated rings. The Morgan fingerprint density at radius 2 is 1.65 bits per heavy atom. The molecule has 0 aliphatic rings. The highest BCUT2D eigenvalue weighted by atomic mass is 35.5. The average Bonchev–Trinajstić information content (AvgIpc) is 2.44. The lowest BCUT2D eigenvalue weighted by Gasteiger charge is -2.32. The van der Waals surface area contributed by atoms with Crippen LogP contribution in [0.1, 0.15) is 25.0 Å². The van der Waals surface area contributed by atoms with Gasteiger partial charge in [0, 0.05) is 11.5 Å². The Balaban J connectivity index is 2.18. The van der Waals surface area contributed by atoms with E-state index >= 15 is 0 Å². The Bertz CT molecular complexity index is 579. The van der Waals surface area contributed by atoms with Gasteiger partial charge in [0.25, 0.3) is 0 Å². The van der Waals surface area contributed by atoms with Crippen molar-refractivity contribution < 1.29 is 0 Å². The molecular weight excluding hydrogens is 289 g/mol. The Morgan fingerprint density at radius 1 is 1.00 bits per heavy atom. The first-order chi connectivity index (χ1) is 9.41. The van der Waals surface area contributed by atoms with Crippen LogP contribution in [0.3, 0.4) is 0 Å². The molecule has 0 aliphatic heterocycles. The summed E-state index contributed by atoms with van der Waals surface area (Å²) >= 11 is 12.0. The molecule has 0 radical (unpaired) electrons. The highest BCUT2D eigenvalue weighted by Gasteiger charge is 2.28. The second-order valence-corrected chi connectivity index (χ2v) is 6.46. The van der Waals surface area contributed by atoms with Gasteiger partial charge in [0.2, 0.25) is 0 Å². The zero-order valence-corrected chi connectivity index (χ0v) is 13.2. The highest BCUT2D eigenvalue weighted by Crippen LogP contribution is 2.29. The van der Waals surface area contributed by atoms with Crippen LogP contribution in [0.2, 0.25) is 10.0 Å². The second-order valence-electron chi connectivity index (χ2n) is 5.65. The minimum atomic E-state index is -0.104. The van der Waals surface area contributed by atoms with Crippen LogP contribution in [-0.2, 0) is 11.8 Å². The van der Waals surface area contributed by atoms with Gasteiger partial charge in [-0.25, -0.2) is 0 Å². The zero-order chi connectivity index (χ0) is 14.8. The van der Waals surface area contributed by atoms with Crippen molar-refractivity contribution in [3.63, 3.8) is 0 Å². The van der Waals surface area contributed by atoms with Crippen molar-refractivity contribution in [2.24, 2.45) is 5.73 Å². The molecule has 0 bridgehead atoms. The number of hydrogen-bond acceptors (Lipinski definition) is 1. The Hall–Kier alpha value is -1.02. The molecule has 2 aromatic rings. The molecule has 2 N–H and O–H groups in total. The number of nitrogens with two attached hydrogens (primary N) is 1. The molecule has 1 atom stereocenters. The minimum Gasteiger partial charge on any atom is -0.327 e. The SMILES string of the molecule is CC(C)(c1ccccc1)C(N)Cc1ccc(Cl)c(Cl)c1. The van der Waals surface area contributed by atoms with Crippen LogP contribution in [0.15, 0.2) is 48.5 Å². The van der Waals surface area contributed by atoms with Gasteiger partial charge in [-0.2, -0.15) is 0 Å². The average molecular weight is 308 g/mol. The predicted octanol–water partition coefficient (Wildman–Crippen LogP) is 4.84. The molecule has 0 saturated carbocycles. The van der Waals surface area contributed by atoms with Gasteiger partial charge in [-0.3, -0.25) is 0 Å². The maximum Gasteiger partial charge on any atom is 0.0595 e. The van der Waals surface area contributed by atoms with Gasteiger partial charge in [0.1, 0.15) is 0 Å². The van der Waals surface area contributed by atoms with Crippen molar-refractivity contribution in [2.75, 3.05) is 0 Å². The third-order valence-corrected chi connectivity index (χ3v) is 4.62. The molecule has 0 saturated heterocycles. The molecule has 0 amide bonds. The molecule has 0 aliphatic carbocycles. The van der Waals surface area contributed by atoms with Gasteiger partial charge in [-0.15, -0.1) is 0 Å². The Morgan fingerprint density at radius 3 is 2.25 bits per heavy atom. The van der Waals surface area contributed by atoms with E-state index in [1.54, 1.807) is 0 Å². The molecule has 3 heteroatoms. The summed E-state index contributed by atoms with van der Waals surface area (Å²) in [6.45, 7) is 4.34. The van der Waals surface area contributed by atoms with Crippen LogP contribution in [0.5, 0.6) is 0 Å². The lowest BCUT2D eigenvalue weighted by Crippen LogP contribution is -2.42. The summed E-state index contributed by atoms with van der Waals surface area (Å²) in [5.41, 5.74) is 8.67. The number of benzene rings is 2. The molecular formula is C17H19Cl2N. The zero-order valence-electron chi connectivity index (χ0n) is 11.7. The maximum atomic E-state index is 6.43. The molecule has 106 valence electrons. The van der Waals surface area contributed by atoms with E-state index in [1.165, 1.54) is 5.56 Å². The fourth-order valence-corrected chi connectivity index (χ4v) is 2.58. The van der Waals surface area contributed by atoms with Crippen LogP contribution < -0.4 is 5.73 Å². The predicted molar refractivity (Wildman–Crippen MR) is 87.6 cm³/mol. The molecule has 2 rings (SSSR count). The topological polar surface area (TPSA) is 26.0 Å². The van der Waals surface area contributed by atoms with E-state index in [0.717, 1.165) is 12.0 Å². The van der Waals surface area contributed by atoms with Gasteiger partial charge in [-0.05, 0) is 29.7 Å². The summed E-state index contributed by atoms with van der Waals surface area (Å²) in [6, 6.07) is 16.0. The van der Waals surface area contributed by atoms with Gasteiger partial charge in [0.15, 0.2) is 0 Å². The third-order valence-electron chi connectivity index (χ3n) is 3.88. The Labute approximate surface area is 130 Å². The monoisotopic (exact) mass is 307 g/mol. The van der Waals surface area contributed by atoms with E-state index < -0.39 is 0 Å². The molecule has 0 heterocycles. The summed E-state index contributed by atoms with van der Waals surface area (Å²) in [5.74, 6) is 0. The minimum absolute atomic E-state index is 0.00198. The molecule has 1 nitrogen and oxygen atoms in total. The van der Waals surface area contributed by atoms with Gasteiger partial charge in [-0.1, -0.05) is 73.4 Å². The van der Waals surface area contributed by atoms with Crippen LogP contribution in [0, 0.1) is 0 Å². The van der Waals surface area contributed by atoms with Gasteiger partial charge >= 0.3 is 0 Å². The lowest BCUT2D eigenvalue weighted by molar-refractivity contribution is 0.406. The number of rotatable bonds is 4. The smallest absolute Gasteiger partial charge is 0.0595 e. The summed E-state index contributed by atoms with van der Waals surface area (Å²) in [7, 11) is 0. The maximum absolute atomic E-state index is 6.43. The fraction of sp³-hybridized carbons (Fsp3) is 0.294. The first-order valence-corrected chi connectivity index (χ1v) is 7.42. The largest absolute Gasteiger partial charge is 0.327 e. The normalized spacial score (nSPS) is 13.2. The molecule has 2 aromatic carbocycles. The van der Waals surface area contributed by atoms with E-state index in [-0.39, 0.29) is 11.5 Å². The van der Waals surface area contributed by atoms with Crippen LogP contribution in [0.25, 0.3) is 0 Å². The van der Waals surface area contributed by atoms with Crippen LogP contribution in [0.4, 0.5) is 0 Å². The molecule has 0 aromatic heterocycles. The number of halogens is 2. The highest BCUT2D eigenvalue weighted by molar-refractivity contribution is 6.42. The van der Waals surface area contributed by atoms with Crippen molar-refractivity contribution in [1.82, 2.24) is 0 Å². The van der Waals surface area contributed by atoms with E-state index in [9.17, 15) is 0 Å². The van der Waals surface area contributed by atoms with Crippen molar-refractivity contribution in [3.8, 4) is 0 Å². The van der Waals surface area contributed by atoms with E-state index in [4.69, 9.17) is 28.9 Å². The van der Waals surface area contributed by atoms with Gasteiger partial charge in [0.05, 0.1) is 10.0 Å². The van der Waals surface area contributed by atoms with E-state index in [0.29, 0.717) is 10.0 Å². The first-order valence-electron chi connectivity index (χ1n) is 6.66. The quantitative estimate of drug-likeness (QED) is 0.859. The summed E-state index contributed by atoms with van der Waals surface area (Å²) in [4.78, 5) is 0. The van der Waals surface area contributed by atoms with Crippen molar-refractivity contribution >= 4 is 23.2 Å². The fourth-order valence-electron chi connectivity index (χ4n) is 2.26. The number of hydrogen-bond donors (Lipinski definition) is 1. The molecule has 20 heavy (non-hydrogen) atoms. The third kappa shape index (κ3) is 3.35. The summed E-state index contributed by atoms with van der Waals surface area (Å²) in [6.07, 6.45) is 0.763. The lowest BCUT2D eigenvalue weighted by atomic mass is 9.76. The van der Waals surface area contributed by atoms with E-state index in [1.807, 2.05) is 36.4 Å². The van der Waals surface area contributed by atoms with Crippen molar-refractivity contribution in [2.45, 2.75) is 31.7 Å². The van der Waals surface area contributed by atoms with Crippen molar-refractivity contribution in [3.05, 3.63) is 69.7 Å². The Kier molecular flexibility index (Phi) is 4.74. The van der Waals surface area contributed by atoms with Crippen LogP contribution in [-0.4, -0.2) is 6.04 Å². The standard InChI is InChI=1S/C17H19Cl2N/c1-17(2,13-6-4-3-5-7-13)16(20)11-12-8-9-14(18)15(19)10-12/h3-10,16H,11,20H2,1-2H3. The molecule has 0 spiro atoms. The van der Waals surface area contributed by atoms with Crippen LogP contribution >= 0.6 is 23.2 Å².